The number of hydrogen-bond donors (Lipinski definition) is 1. The summed E-state index contributed by atoms with van der Waals surface area (Å²) in [5.74, 6) is 0. The Morgan fingerprint density at radius 3 is 2.33 bits per heavy atom. The van der Waals surface area contributed by atoms with Crippen LogP contribution in [-0.4, -0.2) is 14.9 Å². The molecule has 0 fully saturated rings. The van der Waals surface area contributed by atoms with Gasteiger partial charge in [-0.05, 0) is 36.8 Å². The third-order valence-electron chi connectivity index (χ3n) is 2.77. The molecule has 1 heterocycles. The Labute approximate surface area is 116 Å². The van der Waals surface area contributed by atoms with Gasteiger partial charge in [0.1, 0.15) is 0 Å². The van der Waals surface area contributed by atoms with E-state index in [1.54, 1.807) is 22.9 Å². The average molecular weight is 285 g/mol. The van der Waals surface area contributed by atoms with Gasteiger partial charge in [-0.1, -0.05) is 23.2 Å². The van der Waals surface area contributed by atoms with Crippen molar-refractivity contribution in [1.82, 2.24) is 9.78 Å². The van der Waals surface area contributed by atoms with E-state index in [1.165, 1.54) is 0 Å². The second kappa shape index (κ2) is 5.31. The molecule has 1 atom stereocenters. The van der Waals surface area contributed by atoms with Crippen LogP contribution < -0.4 is 0 Å². The summed E-state index contributed by atoms with van der Waals surface area (Å²) in [6.45, 7) is 1.92. The Morgan fingerprint density at radius 2 is 1.83 bits per heavy atom. The summed E-state index contributed by atoms with van der Waals surface area (Å²) in [4.78, 5) is 0. The Bertz CT molecular complexity index is 546. The number of aromatic nitrogens is 2. The predicted molar refractivity (Wildman–Crippen MR) is 73.1 cm³/mol. The number of aryl methyl sites for hydroxylation is 2. The molecule has 1 aromatic heterocycles. The van der Waals surface area contributed by atoms with Crippen LogP contribution in [0.25, 0.3) is 0 Å². The van der Waals surface area contributed by atoms with E-state index < -0.39 is 6.10 Å². The van der Waals surface area contributed by atoms with Crippen molar-refractivity contribution in [3.63, 3.8) is 0 Å². The van der Waals surface area contributed by atoms with Crippen molar-refractivity contribution < 1.29 is 5.11 Å². The number of hydrogen-bond acceptors (Lipinski definition) is 2. The van der Waals surface area contributed by atoms with Crippen molar-refractivity contribution in [3.8, 4) is 0 Å². The number of aliphatic hydroxyl groups excluding tert-OH is 1. The zero-order chi connectivity index (χ0) is 13.3. The number of benzene rings is 1. The van der Waals surface area contributed by atoms with Crippen molar-refractivity contribution in [1.29, 1.82) is 0 Å². The SMILES string of the molecule is Cc1cc(CC(O)c2cc(Cl)cc(Cl)c2)n(C)n1. The maximum absolute atomic E-state index is 10.2. The molecule has 0 radical (unpaired) electrons. The summed E-state index contributed by atoms with van der Waals surface area (Å²) in [6, 6.07) is 7.05. The molecule has 0 aliphatic rings. The number of rotatable bonds is 3. The second-order valence-electron chi connectivity index (χ2n) is 4.32. The van der Waals surface area contributed by atoms with Gasteiger partial charge in [0.15, 0.2) is 0 Å². The molecule has 2 rings (SSSR count). The fourth-order valence-corrected chi connectivity index (χ4v) is 2.48. The molecule has 1 N–H and O–H groups in total. The van der Waals surface area contributed by atoms with E-state index in [9.17, 15) is 5.11 Å². The highest BCUT2D eigenvalue weighted by Gasteiger charge is 2.13. The fourth-order valence-electron chi connectivity index (χ4n) is 1.94. The smallest absolute Gasteiger partial charge is 0.0846 e. The van der Waals surface area contributed by atoms with Crippen LogP contribution in [0.5, 0.6) is 0 Å². The lowest BCUT2D eigenvalue weighted by molar-refractivity contribution is 0.176. The van der Waals surface area contributed by atoms with Crippen LogP contribution in [0.4, 0.5) is 0 Å². The minimum Gasteiger partial charge on any atom is -0.388 e. The Morgan fingerprint density at radius 1 is 1.22 bits per heavy atom. The third-order valence-corrected chi connectivity index (χ3v) is 3.21. The lowest BCUT2D eigenvalue weighted by Crippen LogP contribution is -2.06. The Kier molecular flexibility index (Phi) is 3.95. The molecule has 3 nitrogen and oxygen atoms in total. The monoisotopic (exact) mass is 284 g/mol. The van der Waals surface area contributed by atoms with Gasteiger partial charge in [0.25, 0.3) is 0 Å². The predicted octanol–water partition coefficient (Wildman–Crippen LogP) is 3.31. The summed E-state index contributed by atoms with van der Waals surface area (Å²) in [7, 11) is 1.86. The minimum atomic E-state index is -0.643. The highest BCUT2D eigenvalue weighted by molar-refractivity contribution is 6.34. The summed E-state index contributed by atoms with van der Waals surface area (Å²) in [5.41, 5.74) is 2.62. The average Bonchev–Trinajstić information content (AvgIpc) is 2.56. The van der Waals surface area contributed by atoms with Gasteiger partial charge in [-0.3, -0.25) is 4.68 Å². The lowest BCUT2D eigenvalue weighted by Gasteiger charge is -2.12. The highest BCUT2D eigenvalue weighted by atomic mass is 35.5. The van der Waals surface area contributed by atoms with Crippen LogP contribution in [0.15, 0.2) is 24.3 Å². The van der Waals surface area contributed by atoms with E-state index in [4.69, 9.17) is 23.2 Å². The van der Waals surface area contributed by atoms with Crippen molar-refractivity contribution in [3.05, 3.63) is 51.3 Å². The molecule has 0 spiro atoms. The first-order chi connectivity index (χ1) is 8.45. The van der Waals surface area contributed by atoms with Gasteiger partial charge in [0, 0.05) is 29.2 Å². The summed E-state index contributed by atoms with van der Waals surface area (Å²) >= 11 is 11.8. The lowest BCUT2D eigenvalue weighted by atomic mass is 10.0. The molecule has 5 heteroatoms. The first-order valence-electron chi connectivity index (χ1n) is 5.59. The number of halogens is 2. The normalized spacial score (nSPS) is 12.7. The number of nitrogens with zero attached hydrogens (tertiary/aromatic N) is 2. The molecule has 0 saturated carbocycles. The molecule has 2 aromatic rings. The molecule has 0 bridgehead atoms. The van der Waals surface area contributed by atoms with E-state index in [0.717, 1.165) is 11.4 Å². The highest BCUT2D eigenvalue weighted by Crippen LogP contribution is 2.25. The molecule has 0 aliphatic heterocycles. The molecule has 96 valence electrons. The van der Waals surface area contributed by atoms with Crippen molar-refractivity contribution in [2.75, 3.05) is 0 Å². The number of aliphatic hydroxyl groups is 1. The maximum Gasteiger partial charge on any atom is 0.0846 e. The Hall–Kier alpha value is -1.03. The minimum absolute atomic E-state index is 0.480. The largest absolute Gasteiger partial charge is 0.388 e. The Balaban J connectivity index is 2.21. The molecule has 0 amide bonds. The molecular formula is C13H14Cl2N2O. The van der Waals surface area contributed by atoms with Crippen molar-refractivity contribution in [2.24, 2.45) is 7.05 Å². The van der Waals surface area contributed by atoms with Crippen molar-refractivity contribution >= 4 is 23.2 Å². The molecule has 1 unspecified atom stereocenters. The quantitative estimate of drug-likeness (QED) is 0.939. The van der Waals surface area contributed by atoms with Gasteiger partial charge in [0.2, 0.25) is 0 Å². The van der Waals surface area contributed by atoms with Crippen LogP contribution >= 0.6 is 23.2 Å². The molecule has 1 aromatic carbocycles. The van der Waals surface area contributed by atoms with E-state index in [2.05, 4.69) is 5.10 Å². The van der Waals surface area contributed by atoms with Gasteiger partial charge in [-0.2, -0.15) is 5.10 Å². The fraction of sp³-hybridized carbons (Fsp3) is 0.308. The van der Waals surface area contributed by atoms with Crippen LogP contribution in [0.1, 0.15) is 23.1 Å². The van der Waals surface area contributed by atoms with E-state index in [0.29, 0.717) is 22.0 Å². The van der Waals surface area contributed by atoms with Crippen LogP contribution in [0, 0.1) is 6.92 Å². The summed E-state index contributed by atoms with van der Waals surface area (Å²) in [6.07, 6.45) is -0.162. The zero-order valence-corrected chi connectivity index (χ0v) is 11.7. The summed E-state index contributed by atoms with van der Waals surface area (Å²) in [5, 5.41) is 15.5. The van der Waals surface area contributed by atoms with Crippen LogP contribution in [-0.2, 0) is 13.5 Å². The van der Waals surface area contributed by atoms with Gasteiger partial charge in [-0.25, -0.2) is 0 Å². The van der Waals surface area contributed by atoms with Crippen LogP contribution in [0.2, 0.25) is 10.0 Å². The van der Waals surface area contributed by atoms with Crippen molar-refractivity contribution in [2.45, 2.75) is 19.4 Å². The van der Waals surface area contributed by atoms with Gasteiger partial charge in [-0.15, -0.1) is 0 Å². The van der Waals surface area contributed by atoms with E-state index >= 15 is 0 Å². The van der Waals surface area contributed by atoms with E-state index in [-0.39, 0.29) is 0 Å². The summed E-state index contributed by atoms with van der Waals surface area (Å²) < 4.78 is 1.77. The topological polar surface area (TPSA) is 38.0 Å². The zero-order valence-electron chi connectivity index (χ0n) is 10.2. The van der Waals surface area contributed by atoms with E-state index in [1.807, 2.05) is 20.0 Å². The second-order valence-corrected chi connectivity index (χ2v) is 5.20. The first-order valence-corrected chi connectivity index (χ1v) is 6.35. The van der Waals surface area contributed by atoms with Gasteiger partial charge in [0.05, 0.1) is 11.8 Å². The maximum atomic E-state index is 10.2. The molecular weight excluding hydrogens is 271 g/mol. The first kappa shape index (κ1) is 13.4. The molecule has 18 heavy (non-hydrogen) atoms. The molecule has 0 saturated heterocycles. The van der Waals surface area contributed by atoms with Crippen LogP contribution in [0.3, 0.4) is 0 Å². The third kappa shape index (κ3) is 3.05. The van der Waals surface area contributed by atoms with Gasteiger partial charge < -0.3 is 5.11 Å². The van der Waals surface area contributed by atoms with Gasteiger partial charge >= 0.3 is 0 Å². The molecule has 0 aliphatic carbocycles. The standard InChI is InChI=1S/C13H14Cl2N2O/c1-8-3-12(17(2)16-8)7-13(18)9-4-10(14)6-11(15)5-9/h3-6,13,18H,7H2,1-2H3.